The molecule has 3 nitrogen and oxygen atoms in total. The molecule has 2 aliphatic rings. The van der Waals surface area contributed by atoms with Crippen molar-refractivity contribution in [2.45, 2.75) is 56.4 Å². The standard InChI is InChI=1S/C14H21N3S2/c1-13(2,3)9-4-6-14(7-5-9)17-10-11(18)15-8-16-12(10)19-14/h8-9,17H,4-7H2,1-3H3,(H,15,16,18). The van der Waals surface area contributed by atoms with E-state index in [0.29, 0.717) is 5.41 Å². The summed E-state index contributed by atoms with van der Waals surface area (Å²) in [6.45, 7) is 7.08. The summed E-state index contributed by atoms with van der Waals surface area (Å²) in [6, 6.07) is 0. The summed E-state index contributed by atoms with van der Waals surface area (Å²) >= 11 is 7.22. The second-order valence-corrected chi connectivity index (χ2v) is 8.55. The van der Waals surface area contributed by atoms with Crippen LogP contribution in [0.1, 0.15) is 46.5 Å². The van der Waals surface area contributed by atoms with E-state index in [1.165, 1.54) is 25.7 Å². The zero-order chi connectivity index (χ0) is 13.7. The maximum atomic E-state index is 5.34. The van der Waals surface area contributed by atoms with E-state index in [9.17, 15) is 0 Å². The molecular weight excluding hydrogens is 274 g/mol. The summed E-state index contributed by atoms with van der Waals surface area (Å²) in [7, 11) is 0. The van der Waals surface area contributed by atoms with Gasteiger partial charge in [0.1, 0.15) is 15.4 Å². The topological polar surface area (TPSA) is 40.7 Å². The second kappa shape index (κ2) is 4.48. The second-order valence-electron chi connectivity index (χ2n) is 6.77. The minimum absolute atomic E-state index is 0.139. The van der Waals surface area contributed by atoms with E-state index >= 15 is 0 Å². The van der Waals surface area contributed by atoms with E-state index in [-0.39, 0.29) is 4.87 Å². The van der Waals surface area contributed by atoms with Gasteiger partial charge in [-0.1, -0.05) is 44.8 Å². The van der Waals surface area contributed by atoms with E-state index in [2.05, 4.69) is 36.1 Å². The van der Waals surface area contributed by atoms with E-state index in [0.717, 1.165) is 21.3 Å². The Labute approximate surface area is 124 Å². The van der Waals surface area contributed by atoms with Crippen molar-refractivity contribution < 1.29 is 0 Å². The van der Waals surface area contributed by atoms with Crippen molar-refractivity contribution in [2.24, 2.45) is 11.3 Å². The number of rotatable bonds is 0. The molecule has 1 saturated carbocycles. The molecule has 3 rings (SSSR count). The first kappa shape index (κ1) is 13.4. The maximum Gasteiger partial charge on any atom is 0.130 e. The Bertz CT molecular complexity index is 536. The molecule has 0 unspecified atom stereocenters. The van der Waals surface area contributed by atoms with E-state index in [1.807, 2.05) is 11.8 Å². The first-order valence-corrected chi connectivity index (χ1v) is 8.17. The van der Waals surface area contributed by atoms with E-state index < -0.39 is 0 Å². The zero-order valence-electron chi connectivity index (χ0n) is 11.7. The number of thioether (sulfide) groups is 1. The summed E-state index contributed by atoms with van der Waals surface area (Å²) in [6.07, 6.45) is 6.67. The molecule has 0 bridgehead atoms. The van der Waals surface area contributed by atoms with Gasteiger partial charge in [-0.3, -0.25) is 0 Å². The number of hydrogen-bond donors (Lipinski definition) is 2. The molecule has 1 aromatic heterocycles. The third-order valence-corrected chi connectivity index (χ3v) is 6.21. The predicted molar refractivity (Wildman–Crippen MR) is 83.0 cm³/mol. The summed E-state index contributed by atoms with van der Waals surface area (Å²) in [5.74, 6) is 0.826. The van der Waals surface area contributed by atoms with Gasteiger partial charge in [-0.2, -0.15) is 0 Å². The van der Waals surface area contributed by atoms with Gasteiger partial charge < -0.3 is 10.3 Å². The van der Waals surface area contributed by atoms with Crippen molar-refractivity contribution in [3.05, 3.63) is 11.0 Å². The first-order valence-electron chi connectivity index (χ1n) is 6.95. The summed E-state index contributed by atoms with van der Waals surface area (Å²) in [4.78, 5) is 7.57. The van der Waals surface area contributed by atoms with Gasteiger partial charge in [0.2, 0.25) is 0 Å². The molecule has 1 aliphatic carbocycles. The number of aromatic amines is 1. The Morgan fingerprint density at radius 3 is 2.63 bits per heavy atom. The number of H-pyrrole nitrogens is 1. The van der Waals surface area contributed by atoms with Crippen LogP contribution in [0.5, 0.6) is 0 Å². The number of nitrogens with one attached hydrogen (secondary N) is 2. The van der Waals surface area contributed by atoms with Crippen LogP contribution >= 0.6 is 24.0 Å². The lowest BCUT2D eigenvalue weighted by atomic mass is 9.71. The van der Waals surface area contributed by atoms with Crippen LogP contribution in [0.4, 0.5) is 5.69 Å². The van der Waals surface area contributed by atoms with Crippen LogP contribution in [0, 0.1) is 16.0 Å². The number of fused-ring (bicyclic) bond motifs is 1. The van der Waals surface area contributed by atoms with Gasteiger partial charge >= 0.3 is 0 Å². The molecule has 2 heterocycles. The molecule has 1 spiro atoms. The average molecular weight is 295 g/mol. The van der Waals surface area contributed by atoms with Crippen LogP contribution < -0.4 is 5.32 Å². The minimum Gasteiger partial charge on any atom is -0.366 e. The minimum atomic E-state index is 0.139. The molecule has 5 heteroatoms. The molecule has 0 saturated heterocycles. The maximum absolute atomic E-state index is 5.34. The summed E-state index contributed by atoms with van der Waals surface area (Å²) in [5, 5.41) is 4.72. The van der Waals surface area contributed by atoms with Crippen molar-refractivity contribution in [1.82, 2.24) is 9.97 Å². The van der Waals surface area contributed by atoms with Crippen molar-refractivity contribution in [1.29, 1.82) is 0 Å². The largest absolute Gasteiger partial charge is 0.366 e. The van der Waals surface area contributed by atoms with Crippen molar-refractivity contribution in [3.8, 4) is 0 Å². The Morgan fingerprint density at radius 2 is 2.05 bits per heavy atom. The molecule has 1 aromatic rings. The SMILES string of the molecule is CC(C)(C)C1CCC2(CC1)Nc1c(nc[nH]c1=S)S2. The summed E-state index contributed by atoms with van der Waals surface area (Å²) in [5.41, 5.74) is 1.46. The monoisotopic (exact) mass is 295 g/mol. The highest BCUT2D eigenvalue weighted by Crippen LogP contribution is 2.53. The number of nitrogens with zero attached hydrogens (tertiary/aromatic N) is 1. The van der Waals surface area contributed by atoms with Gasteiger partial charge in [-0.05, 0) is 37.0 Å². The Morgan fingerprint density at radius 1 is 1.37 bits per heavy atom. The fourth-order valence-corrected chi connectivity index (χ4v) is 4.78. The van der Waals surface area contributed by atoms with Crippen LogP contribution in [0.25, 0.3) is 0 Å². The van der Waals surface area contributed by atoms with Crippen LogP contribution in [0.15, 0.2) is 11.4 Å². The van der Waals surface area contributed by atoms with Crippen LogP contribution in [-0.2, 0) is 0 Å². The smallest absolute Gasteiger partial charge is 0.130 e. The van der Waals surface area contributed by atoms with Gasteiger partial charge in [0, 0.05) is 0 Å². The molecule has 104 valence electrons. The Kier molecular flexibility index (Phi) is 3.17. The quantitative estimate of drug-likeness (QED) is 0.542. The van der Waals surface area contributed by atoms with Crippen molar-refractivity contribution >= 4 is 29.7 Å². The fourth-order valence-electron chi connectivity index (χ4n) is 3.19. The van der Waals surface area contributed by atoms with Crippen LogP contribution in [-0.4, -0.2) is 14.8 Å². The lowest BCUT2D eigenvalue weighted by molar-refractivity contribution is 0.167. The number of anilines is 1. The normalized spacial score (nSPS) is 30.2. The van der Waals surface area contributed by atoms with Crippen LogP contribution in [0.2, 0.25) is 0 Å². The summed E-state index contributed by atoms with van der Waals surface area (Å²) < 4.78 is 0.785. The zero-order valence-corrected chi connectivity index (χ0v) is 13.4. The molecule has 0 radical (unpaired) electrons. The van der Waals surface area contributed by atoms with Crippen LogP contribution in [0.3, 0.4) is 0 Å². The molecule has 19 heavy (non-hydrogen) atoms. The molecule has 0 aromatic carbocycles. The van der Waals surface area contributed by atoms with Gasteiger partial charge in [-0.15, -0.1) is 0 Å². The fraction of sp³-hybridized carbons (Fsp3) is 0.714. The highest BCUT2D eigenvalue weighted by Gasteiger charge is 2.44. The molecule has 1 aliphatic heterocycles. The Hall–Kier alpha value is -0.550. The third-order valence-electron chi connectivity index (χ3n) is 4.48. The van der Waals surface area contributed by atoms with Gasteiger partial charge in [0.15, 0.2) is 0 Å². The van der Waals surface area contributed by atoms with E-state index in [1.54, 1.807) is 6.33 Å². The third kappa shape index (κ3) is 2.42. The van der Waals surface area contributed by atoms with Gasteiger partial charge in [0.05, 0.1) is 11.2 Å². The molecular formula is C14H21N3S2. The molecule has 0 amide bonds. The predicted octanol–water partition coefficient (Wildman–Crippen LogP) is 4.59. The average Bonchev–Trinajstić information content (AvgIpc) is 2.68. The van der Waals surface area contributed by atoms with Gasteiger partial charge in [0.25, 0.3) is 0 Å². The van der Waals surface area contributed by atoms with Gasteiger partial charge in [-0.25, -0.2) is 4.98 Å². The molecule has 1 fully saturated rings. The molecule has 2 N–H and O–H groups in total. The lowest BCUT2D eigenvalue weighted by Crippen LogP contribution is -2.38. The van der Waals surface area contributed by atoms with Crippen molar-refractivity contribution in [2.75, 3.05) is 5.32 Å². The lowest BCUT2D eigenvalue weighted by Gasteiger charge is -2.41. The first-order chi connectivity index (χ1) is 8.90. The number of hydrogen-bond acceptors (Lipinski definition) is 4. The van der Waals surface area contributed by atoms with E-state index in [4.69, 9.17) is 12.2 Å². The highest BCUT2D eigenvalue weighted by atomic mass is 32.2. The van der Waals surface area contributed by atoms with Crippen molar-refractivity contribution in [3.63, 3.8) is 0 Å². The highest BCUT2D eigenvalue weighted by molar-refractivity contribution is 8.01. The number of aromatic nitrogens is 2. The Balaban J connectivity index is 1.77. The molecule has 0 atom stereocenters.